The van der Waals surface area contributed by atoms with Crippen LogP contribution in [0.25, 0.3) is 0 Å². The Labute approximate surface area is 51.0 Å². The topological polar surface area (TPSA) is 0 Å². The summed E-state index contributed by atoms with van der Waals surface area (Å²) < 4.78 is 0. The Bertz CT molecular complexity index is 55.2. The van der Waals surface area contributed by atoms with Crippen LogP contribution >= 0.6 is 12.6 Å². The summed E-state index contributed by atoms with van der Waals surface area (Å²) in [6.45, 7) is 4.11. The molecule has 0 nitrogen and oxygen atoms in total. The number of rotatable bonds is 2. The standard InChI is InChI=1S/C6H11S/c1-3-4-5-6(2)7/h4-6H,3H2,1-2H3. The Balaban J connectivity index is 3.08. The highest BCUT2D eigenvalue weighted by Crippen LogP contribution is 1.93. The van der Waals surface area contributed by atoms with Gasteiger partial charge in [0, 0.05) is 5.25 Å². The van der Waals surface area contributed by atoms with Gasteiger partial charge in [-0.2, -0.15) is 0 Å². The average molecular weight is 115 g/mol. The summed E-state index contributed by atoms with van der Waals surface area (Å²) >= 11 is 4.86. The van der Waals surface area contributed by atoms with Gasteiger partial charge in [-0.05, 0) is 13.3 Å². The molecule has 1 unspecified atom stereocenters. The van der Waals surface area contributed by atoms with Crippen molar-refractivity contribution in [2.75, 3.05) is 0 Å². The first kappa shape index (κ1) is 7.09. The smallest absolute Gasteiger partial charge is 0.0303 e. The van der Waals surface area contributed by atoms with Gasteiger partial charge < -0.3 is 0 Å². The van der Waals surface area contributed by atoms with Crippen LogP contribution in [0.4, 0.5) is 0 Å². The second-order valence-corrected chi connectivity index (χ2v) is 2.29. The van der Waals surface area contributed by atoms with Gasteiger partial charge in [-0.1, -0.05) is 31.7 Å². The quantitative estimate of drug-likeness (QED) is 0.485. The lowest BCUT2D eigenvalue weighted by Crippen LogP contribution is -1.78. The van der Waals surface area contributed by atoms with Crippen molar-refractivity contribution in [2.45, 2.75) is 25.5 Å². The van der Waals surface area contributed by atoms with E-state index in [1.54, 1.807) is 0 Å². The van der Waals surface area contributed by atoms with E-state index in [0.717, 1.165) is 6.42 Å². The molecule has 7 heavy (non-hydrogen) atoms. The molecular formula is C6H11S. The maximum atomic E-state index is 4.86. The summed E-state index contributed by atoms with van der Waals surface area (Å²) in [5.74, 6) is 0. The Hall–Kier alpha value is 0.0900. The zero-order chi connectivity index (χ0) is 5.70. The summed E-state index contributed by atoms with van der Waals surface area (Å²) in [4.78, 5) is 0. The largest absolute Gasteiger partial charge is 0.0877 e. The van der Waals surface area contributed by atoms with Crippen molar-refractivity contribution in [3.05, 3.63) is 12.2 Å². The van der Waals surface area contributed by atoms with Gasteiger partial charge in [-0.3, -0.25) is 0 Å². The van der Waals surface area contributed by atoms with Gasteiger partial charge in [-0.25, -0.2) is 0 Å². The van der Waals surface area contributed by atoms with Crippen molar-refractivity contribution < 1.29 is 0 Å². The minimum absolute atomic E-state index is 0.306. The molecule has 0 aromatic rings. The van der Waals surface area contributed by atoms with Crippen molar-refractivity contribution in [3.63, 3.8) is 0 Å². The highest BCUT2D eigenvalue weighted by atomic mass is 32.1. The van der Waals surface area contributed by atoms with E-state index in [0.29, 0.717) is 5.25 Å². The fourth-order valence-corrected chi connectivity index (χ4v) is 0.439. The average Bonchev–Trinajstić information content (AvgIpc) is 1.61. The third kappa shape index (κ3) is 6.09. The molecule has 0 aromatic heterocycles. The number of hydrogen-bond acceptors (Lipinski definition) is 0. The van der Waals surface area contributed by atoms with Crippen molar-refractivity contribution in [2.24, 2.45) is 0 Å². The molecule has 0 aliphatic carbocycles. The lowest BCUT2D eigenvalue weighted by molar-refractivity contribution is 1.17. The molecule has 0 spiro atoms. The number of allylic oxidation sites excluding steroid dienone is 1. The summed E-state index contributed by atoms with van der Waals surface area (Å²) in [6.07, 6.45) is 5.23. The van der Waals surface area contributed by atoms with Gasteiger partial charge in [0.2, 0.25) is 0 Å². The van der Waals surface area contributed by atoms with Gasteiger partial charge >= 0.3 is 0 Å². The molecule has 0 saturated carbocycles. The fraction of sp³-hybridized carbons (Fsp3) is 0.667. The van der Waals surface area contributed by atoms with E-state index < -0.39 is 0 Å². The highest BCUT2D eigenvalue weighted by molar-refractivity contribution is 7.81. The van der Waals surface area contributed by atoms with Crippen LogP contribution in [0.3, 0.4) is 0 Å². The van der Waals surface area contributed by atoms with E-state index in [-0.39, 0.29) is 0 Å². The minimum Gasteiger partial charge on any atom is -0.0877 e. The van der Waals surface area contributed by atoms with E-state index in [1.165, 1.54) is 0 Å². The van der Waals surface area contributed by atoms with Crippen LogP contribution in [0.15, 0.2) is 12.2 Å². The Morgan fingerprint density at radius 2 is 2.29 bits per heavy atom. The van der Waals surface area contributed by atoms with Crippen LogP contribution < -0.4 is 0 Å². The predicted molar refractivity (Wildman–Crippen MR) is 36.5 cm³/mol. The van der Waals surface area contributed by atoms with Crippen molar-refractivity contribution in [3.8, 4) is 0 Å². The number of hydrogen-bond donors (Lipinski definition) is 0. The summed E-state index contributed by atoms with van der Waals surface area (Å²) in [5, 5.41) is 0.306. The molecule has 0 fully saturated rings. The van der Waals surface area contributed by atoms with E-state index in [4.69, 9.17) is 12.6 Å². The Kier molecular flexibility index (Phi) is 4.31. The highest BCUT2D eigenvalue weighted by Gasteiger charge is 1.80. The van der Waals surface area contributed by atoms with Crippen molar-refractivity contribution >= 4 is 12.6 Å². The van der Waals surface area contributed by atoms with E-state index in [9.17, 15) is 0 Å². The molecule has 0 N–H and O–H groups in total. The fourth-order valence-electron chi connectivity index (χ4n) is 0.328. The van der Waals surface area contributed by atoms with Crippen LogP contribution in [0.5, 0.6) is 0 Å². The lowest BCUT2D eigenvalue weighted by atomic mass is 10.3. The van der Waals surface area contributed by atoms with Gasteiger partial charge in [0.1, 0.15) is 0 Å². The molecule has 1 atom stereocenters. The molecule has 0 aliphatic heterocycles. The normalized spacial score (nSPS) is 15.3. The molecular weight excluding hydrogens is 104 g/mol. The second kappa shape index (κ2) is 4.25. The molecule has 0 bridgehead atoms. The van der Waals surface area contributed by atoms with Crippen LogP contribution in [-0.4, -0.2) is 5.25 Å². The molecule has 0 amide bonds. The molecule has 41 valence electrons. The van der Waals surface area contributed by atoms with Crippen LogP contribution in [0, 0.1) is 0 Å². The molecule has 0 aliphatic rings. The Morgan fingerprint density at radius 3 is 2.43 bits per heavy atom. The van der Waals surface area contributed by atoms with E-state index in [2.05, 4.69) is 13.0 Å². The van der Waals surface area contributed by atoms with E-state index in [1.807, 2.05) is 13.0 Å². The molecule has 1 heteroatoms. The van der Waals surface area contributed by atoms with Crippen molar-refractivity contribution in [1.82, 2.24) is 0 Å². The summed E-state index contributed by atoms with van der Waals surface area (Å²) in [5.41, 5.74) is 0. The summed E-state index contributed by atoms with van der Waals surface area (Å²) in [7, 11) is 0. The molecule has 1 radical (unpaired) electrons. The monoisotopic (exact) mass is 115 g/mol. The van der Waals surface area contributed by atoms with Gasteiger partial charge in [-0.15, -0.1) is 0 Å². The van der Waals surface area contributed by atoms with E-state index >= 15 is 0 Å². The SMILES string of the molecule is CCC=CC(C)[S]. The third-order valence-corrected chi connectivity index (χ3v) is 0.800. The first-order valence-electron chi connectivity index (χ1n) is 2.60. The van der Waals surface area contributed by atoms with Crippen molar-refractivity contribution in [1.29, 1.82) is 0 Å². The van der Waals surface area contributed by atoms with Crippen LogP contribution in [0.1, 0.15) is 20.3 Å². The lowest BCUT2D eigenvalue weighted by Gasteiger charge is -1.86. The van der Waals surface area contributed by atoms with Crippen LogP contribution in [-0.2, 0) is 0 Å². The molecule has 0 saturated heterocycles. The minimum atomic E-state index is 0.306. The maximum absolute atomic E-state index is 4.86. The predicted octanol–water partition coefficient (Wildman–Crippen LogP) is 2.54. The zero-order valence-electron chi connectivity index (χ0n) is 4.85. The summed E-state index contributed by atoms with van der Waals surface area (Å²) in [6, 6.07) is 0. The first-order valence-corrected chi connectivity index (χ1v) is 3.07. The first-order chi connectivity index (χ1) is 3.27. The Morgan fingerprint density at radius 1 is 1.71 bits per heavy atom. The van der Waals surface area contributed by atoms with Gasteiger partial charge in [0.25, 0.3) is 0 Å². The third-order valence-electron chi connectivity index (χ3n) is 0.643. The van der Waals surface area contributed by atoms with Gasteiger partial charge in [0.05, 0.1) is 0 Å². The molecule has 0 rings (SSSR count). The van der Waals surface area contributed by atoms with Crippen LogP contribution in [0.2, 0.25) is 0 Å². The zero-order valence-corrected chi connectivity index (χ0v) is 5.66. The molecule has 0 aromatic carbocycles. The maximum Gasteiger partial charge on any atom is 0.0303 e. The second-order valence-electron chi connectivity index (χ2n) is 1.54. The van der Waals surface area contributed by atoms with Gasteiger partial charge in [0.15, 0.2) is 0 Å². The molecule has 0 heterocycles.